The Bertz CT molecular complexity index is 1260. The summed E-state index contributed by atoms with van der Waals surface area (Å²) >= 11 is 12.5. The van der Waals surface area contributed by atoms with Crippen molar-refractivity contribution in [2.24, 2.45) is 5.41 Å². The molecular formula is C26H30Cl2F3N5O2. The van der Waals surface area contributed by atoms with Gasteiger partial charge in [0.15, 0.2) is 11.6 Å². The largest absolute Gasteiger partial charge is 0.490 e. The van der Waals surface area contributed by atoms with E-state index >= 15 is 0 Å². The number of alkyl halides is 3. The zero-order chi connectivity index (χ0) is 28.1. The molecule has 1 aliphatic rings. The first kappa shape index (κ1) is 29.7. The van der Waals surface area contributed by atoms with Crippen LogP contribution in [0.15, 0.2) is 42.5 Å². The lowest BCUT2D eigenvalue weighted by Crippen LogP contribution is -2.46. The first-order chi connectivity index (χ1) is 17.7. The van der Waals surface area contributed by atoms with Crippen LogP contribution in [0.4, 0.5) is 24.8 Å². The highest BCUT2D eigenvalue weighted by molar-refractivity contribution is 6.33. The van der Waals surface area contributed by atoms with Crippen LogP contribution in [-0.2, 0) is 11.3 Å². The van der Waals surface area contributed by atoms with Gasteiger partial charge < -0.3 is 15.3 Å². The normalized spacial score (nSPS) is 14.7. The first-order valence-corrected chi connectivity index (χ1v) is 12.7. The smallest absolute Gasteiger partial charge is 0.475 e. The molecule has 3 aromatic rings. The number of hydrogen-bond donors (Lipinski definition) is 2. The molecule has 0 spiro atoms. The van der Waals surface area contributed by atoms with E-state index in [-0.39, 0.29) is 5.41 Å². The van der Waals surface area contributed by atoms with Crippen LogP contribution < -0.4 is 10.2 Å². The van der Waals surface area contributed by atoms with Crippen molar-refractivity contribution in [3.05, 3.63) is 58.1 Å². The van der Waals surface area contributed by atoms with Gasteiger partial charge in [-0.25, -0.2) is 14.8 Å². The number of aliphatic carboxylic acids is 1. The summed E-state index contributed by atoms with van der Waals surface area (Å²) < 4.78 is 31.7. The van der Waals surface area contributed by atoms with Crippen molar-refractivity contribution < 1.29 is 23.1 Å². The first-order valence-electron chi connectivity index (χ1n) is 11.9. The number of hydrogen-bond acceptors (Lipinski definition) is 6. The van der Waals surface area contributed by atoms with E-state index in [1.54, 1.807) is 0 Å². The average Bonchev–Trinajstić information content (AvgIpc) is 2.84. The lowest BCUT2D eigenvalue weighted by Gasteiger charge is -2.36. The van der Waals surface area contributed by atoms with Crippen molar-refractivity contribution >= 4 is 51.8 Å². The fourth-order valence-electron chi connectivity index (χ4n) is 3.70. The second-order valence-corrected chi connectivity index (χ2v) is 10.9. The van der Waals surface area contributed by atoms with Crippen LogP contribution in [0.3, 0.4) is 0 Å². The molecule has 0 bridgehead atoms. The fourth-order valence-corrected chi connectivity index (χ4v) is 4.07. The van der Waals surface area contributed by atoms with Gasteiger partial charge in [-0.15, -0.1) is 0 Å². The number of benzene rings is 2. The van der Waals surface area contributed by atoms with E-state index in [4.69, 9.17) is 43.1 Å². The molecule has 0 aliphatic carbocycles. The molecule has 0 radical (unpaired) electrons. The predicted octanol–water partition coefficient (Wildman–Crippen LogP) is 6.35. The lowest BCUT2D eigenvalue weighted by atomic mass is 9.97. The van der Waals surface area contributed by atoms with E-state index in [0.29, 0.717) is 0 Å². The molecule has 7 nitrogen and oxygen atoms in total. The second-order valence-electron chi connectivity index (χ2n) is 10.1. The Morgan fingerprint density at radius 1 is 1.00 bits per heavy atom. The van der Waals surface area contributed by atoms with Crippen LogP contribution in [0.5, 0.6) is 0 Å². The number of nitrogens with zero attached hydrogens (tertiary/aromatic N) is 4. The minimum atomic E-state index is -5.08. The van der Waals surface area contributed by atoms with Crippen LogP contribution in [0.25, 0.3) is 11.0 Å². The van der Waals surface area contributed by atoms with E-state index in [0.717, 1.165) is 77.5 Å². The zero-order valence-corrected chi connectivity index (χ0v) is 22.8. The molecule has 2 aromatic carbocycles. The molecular weight excluding hydrogens is 542 g/mol. The minimum absolute atomic E-state index is 0.152. The Hall–Kier alpha value is -2.82. The summed E-state index contributed by atoms with van der Waals surface area (Å²) in [5.41, 5.74) is 3.06. The van der Waals surface area contributed by atoms with Gasteiger partial charge in [0.2, 0.25) is 0 Å². The highest BCUT2D eigenvalue weighted by atomic mass is 35.5. The summed E-state index contributed by atoms with van der Waals surface area (Å²) in [6.45, 7) is 11.9. The van der Waals surface area contributed by atoms with Gasteiger partial charge in [-0.3, -0.25) is 4.90 Å². The quantitative estimate of drug-likeness (QED) is 0.369. The van der Waals surface area contributed by atoms with Crippen LogP contribution in [0.2, 0.25) is 10.0 Å². The molecule has 0 unspecified atom stereocenters. The molecule has 12 heteroatoms. The van der Waals surface area contributed by atoms with Crippen molar-refractivity contribution in [3.63, 3.8) is 0 Å². The molecule has 4 rings (SSSR count). The summed E-state index contributed by atoms with van der Waals surface area (Å²) in [6, 6.07) is 13.7. The summed E-state index contributed by atoms with van der Waals surface area (Å²) in [4.78, 5) is 23.5. The molecule has 1 fully saturated rings. The average molecular weight is 572 g/mol. The van der Waals surface area contributed by atoms with Gasteiger partial charge >= 0.3 is 12.1 Å². The van der Waals surface area contributed by atoms with E-state index in [9.17, 15) is 13.2 Å². The van der Waals surface area contributed by atoms with Crippen LogP contribution in [0.1, 0.15) is 26.3 Å². The molecule has 206 valence electrons. The summed E-state index contributed by atoms with van der Waals surface area (Å²) in [6.07, 6.45) is -5.08. The number of halogens is 5. The maximum Gasteiger partial charge on any atom is 0.490 e. The Kier molecular flexibility index (Phi) is 9.67. The molecule has 38 heavy (non-hydrogen) atoms. The molecule has 0 atom stereocenters. The number of anilines is 2. The number of piperazine rings is 1. The SMILES string of the molecule is CC(C)(C)CNc1nc2ccccc2nc1N1CCN(Cc2cc(Cl)ccc2Cl)CC1.O=C(O)C(F)(F)F. The van der Waals surface area contributed by atoms with Crippen LogP contribution >= 0.6 is 23.2 Å². The van der Waals surface area contributed by atoms with Crippen molar-refractivity contribution in [2.75, 3.05) is 42.9 Å². The monoisotopic (exact) mass is 571 g/mol. The summed E-state index contributed by atoms with van der Waals surface area (Å²) in [5, 5.41) is 12.2. The third kappa shape index (κ3) is 8.61. The van der Waals surface area contributed by atoms with Crippen molar-refractivity contribution in [1.29, 1.82) is 0 Å². The number of para-hydroxylation sites is 2. The molecule has 1 aromatic heterocycles. The molecule has 1 saturated heterocycles. The van der Waals surface area contributed by atoms with Gasteiger partial charge in [0.05, 0.1) is 11.0 Å². The van der Waals surface area contributed by atoms with E-state index in [2.05, 4.69) is 35.9 Å². The van der Waals surface area contributed by atoms with E-state index in [1.165, 1.54) is 0 Å². The minimum Gasteiger partial charge on any atom is -0.475 e. The number of rotatable bonds is 5. The maximum atomic E-state index is 10.6. The van der Waals surface area contributed by atoms with Gasteiger partial charge in [0, 0.05) is 49.3 Å². The van der Waals surface area contributed by atoms with Gasteiger partial charge in [-0.05, 0) is 41.3 Å². The highest BCUT2D eigenvalue weighted by Crippen LogP contribution is 2.28. The topological polar surface area (TPSA) is 81.6 Å². The summed E-state index contributed by atoms with van der Waals surface area (Å²) in [5.74, 6) is -0.962. The Morgan fingerprint density at radius 2 is 1.58 bits per heavy atom. The lowest BCUT2D eigenvalue weighted by molar-refractivity contribution is -0.192. The fraction of sp³-hybridized carbons (Fsp3) is 0.423. The molecule has 2 N–H and O–H groups in total. The van der Waals surface area contributed by atoms with Crippen molar-refractivity contribution in [3.8, 4) is 0 Å². The second kappa shape index (κ2) is 12.4. The zero-order valence-electron chi connectivity index (χ0n) is 21.3. The number of carboxylic acids is 1. The van der Waals surface area contributed by atoms with Gasteiger partial charge in [-0.1, -0.05) is 56.1 Å². The number of nitrogens with one attached hydrogen (secondary N) is 1. The third-order valence-electron chi connectivity index (χ3n) is 5.65. The Balaban J connectivity index is 0.000000505. The van der Waals surface area contributed by atoms with Gasteiger partial charge in [-0.2, -0.15) is 13.2 Å². The standard InChI is InChI=1S/C24H29Cl2N5.C2HF3O2/c1-24(2,3)16-27-22-23(29-21-7-5-4-6-20(21)28-22)31-12-10-30(11-13-31)15-17-14-18(25)8-9-19(17)26;3-2(4,5)1(6)7/h4-9,14H,10-13,15-16H2,1-3H3,(H,27,28);(H,6,7). The predicted molar refractivity (Wildman–Crippen MR) is 145 cm³/mol. The third-order valence-corrected chi connectivity index (χ3v) is 6.26. The van der Waals surface area contributed by atoms with Crippen molar-refractivity contribution in [2.45, 2.75) is 33.5 Å². The number of carboxylic acid groups (broad SMARTS) is 1. The molecule has 0 amide bonds. The number of aromatic nitrogens is 2. The molecule has 2 heterocycles. The molecule has 1 aliphatic heterocycles. The Labute approximate surface area is 229 Å². The Morgan fingerprint density at radius 3 is 2.13 bits per heavy atom. The van der Waals surface area contributed by atoms with E-state index < -0.39 is 12.1 Å². The number of carbonyl (C=O) groups is 1. The number of fused-ring (bicyclic) bond motifs is 1. The van der Waals surface area contributed by atoms with Gasteiger partial charge in [0.25, 0.3) is 0 Å². The van der Waals surface area contributed by atoms with Crippen LogP contribution in [-0.4, -0.2) is 64.8 Å². The molecule has 0 saturated carbocycles. The maximum absolute atomic E-state index is 10.6. The summed E-state index contributed by atoms with van der Waals surface area (Å²) in [7, 11) is 0. The highest BCUT2D eigenvalue weighted by Gasteiger charge is 2.38. The van der Waals surface area contributed by atoms with Crippen LogP contribution in [0, 0.1) is 5.41 Å². The van der Waals surface area contributed by atoms with E-state index in [1.807, 2.05) is 42.5 Å². The van der Waals surface area contributed by atoms with Gasteiger partial charge in [0.1, 0.15) is 0 Å². The van der Waals surface area contributed by atoms with Crippen molar-refractivity contribution in [1.82, 2.24) is 14.9 Å².